The second-order valence-electron chi connectivity index (χ2n) is 8.65. The second kappa shape index (κ2) is 9.10. The van der Waals surface area contributed by atoms with Crippen molar-refractivity contribution < 1.29 is 4.21 Å². The maximum Gasteiger partial charge on any atom is 0.195 e. The first-order valence-corrected chi connectivity index (χ1v) is 12.7. The summed E-state index contributed by atoms with van der Waals surface area (Å²) in [5.41, 5.74) is 4.73. The molecule has 2 aromatic carbocycles. The lowest BCUT2D eigenvalue weighted by Gasteiger charge is -2.04. The van der Waals surface area contributed by atoms with Gasteiger partial charge in [-0.15, -0.1) is 0 Å². The van der Waals surface area contributed by atoms with Crippen molar-refractivity contribution in [1.82, 2.24) is 28.9 Å². The first kappa shape index (κ1) is 22.3. The smallest absolute Gasteiger partial charge is 0.195 e. The molecule has 6 aromatic rings. The largest absolute Gasteiger partial charge is 0.307 e. The Balaban J connectivity index is 1.28. The Morgan fingerprint density at radius 1 is 0.972 bits per heavy atom. The van der Waals surface area contributed by atoms with Gasteiger partial charge in [-0.2, -0.15) is 5.10 Å². The Hall–Kier alpha value is -4.21. The van der Waals surface area contributed by atoms with Gasteiger partial charge in [-0.1, -0.05) is 24.3 Å². The van der Waals surface area contributed by atoms with Crippen molar-refractivity contribution in [2.45, 2.75) is 12.3 Å². The molecule has 6 rings (SSSR count). The fourth-order valence-electron chi connectivity index (χ4n) is 4.30. The molecule has 4 aromatic heterocycles. The van der Waals surface area contributed by atoms with Crippen LogP contribution in [0.4, 0.5) is 0 Å². The van der Waals surface area contributed by atoms with E-state index in [1.54, 1.807) is 17.1 Å². The average Bonchev–Trinajstić information content (AvgIpc) is 3.49. The summed E-state index contributed by atoms with van der Waals surface area (Å²) in [6.07, 6.45) is 9.24. The molecule has 0 radical (unpaired) electrons. The molecule has 0 aliphatic rings. The van der Waals surface area contributed by atoms with Crippen molar-refractivity contribution in [2.75, 3.05) is 0 Å². The van der Waals surface area contributed by atoms with Gasteiger partial charge in [-0.3, -0.25) is 14.5 Å². The van der Waals surface area contributed by atoms with E-state index < -0.39 is 11.0 Å². The van der Waals surface area contributed by atoms with E-state index in [1.807, 2.05) is 84.6 Å². The van der Waals surface area contributed by atoms with Crippen molar-refractivity contribution in [3.05, 3.63) is 107 Å². The highest BCUT2D eigenvalue weighted by molar-refractivity contribution is 7.82. The topological polar surface area (TPSA) is 94.2 Å². The highest BCUT2D eigenvalue weighted by Crippen LogP contribution is 2.22. The van der Waals surface area contributed by atoms with Gasteiger partial charge in [0.2, 0.25) is 0 Å². The van der Waals surface area contributed by atoms with Gasteiger partial charge in [0.15, 0.2) is 5.43 Å². The van der Waals surface area contributed by atoms with Crippen LogP contribution in [0.3, 0.4) is 0 Å². The van der Waals surface area contributed by atoms with E-state index in [1.165, 1.54) is 0 Å². The minimum Gasteiger partial charge on any atom is -0.307 e. The molecule has 1 N–H and O–H groups in total. The monoisotopic (exact) mass is 494 g/mol. The number of aromatic nitrogens is 5. The lowest BCUT2D eigenvalue weighted by Crippen LogP contribution is -2.18. The van der Waals surface area contributed by atoms with Gasteiger partial charge in [0.05, 0.1) is 40.7 Å². The third-order valence-electron chi connectivity index (χ3n) is 6.11. The average molecular weight is 495 g/mol. The Kier molecular flexibility index (Phi) is 5.63. The summed E-state index contributed by atoms with van der Waals surface area (Å²) >= 11 is 0. The highest BCUT2D eigenvalue weighted by atomic mass is 32.2. The SMILES string of the molecule is Cn1cc(-c2cnc3ccc4ccc(CS(=O)NCc5cn6ccccc6n5)cc4c(=O)c3c2)cn1. The molecule has 0 aliphatic carbocycles. The maximum atomic E-state index is 13.5. The van der Waals surface area contributed by atoms with E-state index in [0.717, 1.165) is 33.4 Å². The predicted molar refractivity (Wildman–Crippen MR) is 142 cm³/mol. The number of rotatable bonds is 6. The van der Waals surface area contributed by atoms with E-state index >= 15 is 0 Å². The van der Waals surface area contributed by atoms with Gasteiger partial charge in [-0.25, -0.2) is 13.9 Å². The zero-order valence-corrected chi connectivity index (χ0v) is 20.3. The van der Waals surface area contributed by atoms with Crippen LogP contribution in [0, 0.1) is 0 Å². The Labute approximate surface area is 208 Å². The van der Waals surface area contributed by atoms with E-state index in [0.29, 0.717) is 22.8 Å². The van der Waals surface area contributed by atoms with Crippen LogP contribution in [0.25, 0.3) is 38.4 Å². The molecule has 178 valence electrons. The Morgan fingerprint density at radius 3 is 2.69 bits per heavy atom. The molecule has 0 saturated carbocycles. The fraction of sp³-hybridized carbons (Fsp3) is 0.111. The maximum absolute atomic E-state index is 13.5. The molecule has 4 heterocycles. The van der Waals surface area contributed by atoms with E-state index in [4.69, 9.17) is 0 Å². The van der Waals surface area contributed by atoms with Gasteiger partial charge in [0.25, 0.3) is 0 Å². The van der Waals surface area contributed by atoms with Gasteiger partial charge in [0.1, 0.15) is 5.65 Å². The standard InChI is InChI=1S/C27H22N6O2S/c1-32-15-21(13-29-32)20-11-24-25(28-12-20)8-7-19-6-5-18(10-23(19)27(24)34)17-36(35)30-14-22-16-33-9-3-2-4-26(33)31-22/h2-13,15-16,30H,14,17H2,1H3. The number of pyridine rings is 2. The van der Waals surface area contributed by atoms with E-state index in [9.17, 15) is 9.00 Å². The third-order valence-corrected chi connectivity index (χ3v) is 7.17. The lowest BCUT2D eigenvalue weighted by atomic mass is 10.1. The molecule has 1 atom stereocenters. The minimum atomic E-state index is -1.33. The summed E-state index contributed by atoms with van der Waals surface area (Å²) in [6, 6.07) is 17.1. The summed E-state index contributed by atoms with van der Waals surface area (Å²) in [6.45, 7) is 0.386. The van der Waals surface area contributed by atoms with Crippen LogP contribution in [0.15, 0.2) is 90.4 Å². The van der Waals surface area contributed by atoms with Crippen molar-refractivity contribution >= 4 is 38.3 Å². The second-order valence-corrected chi connectivity index (χ2v) is 9.92. The summed E-state index contributed by atoms with van der Waals surface area (Å²) in [7, 11) is 0.518. The quantitative estimate of drug-likeness (QED) is 0.381. The molecule has 1 unspecified atom stereocenters. The molecule has 0 saturated heterocycles. The summed E-state index contributed by atoms with van der Waals surface area (Å²) < 4.78 is 19.4. The highest BCUT2D eigenvalue weighted by Gasteiger charge is 2.10. The first-order chi connectivity index (χ1) is 17.5. The van der Waals surface area contributed by atoms with Gasteiger partial charge >= 0.3 is 0 Å². The van der Waals surface area contributed by atoms with Crippen LogP contribution in [0.5, 0.6) is 0 Å². The van der Waals surface area contributed by atoms with E-state index in [2.05, 4.69) is 19.8 Å². The summed E-state index contributed by atoms with van der Waals surface area (Å²) in [5, 5.41) is 6.14. The number of imidazole rings is 1. The number of aryl methyl sites for hydroxylation is 1. The van der Waals surface area contributed by atoms with Crippen LogP contribution in [-0.4, -0.2) is 28.4 Å². The normalized spacial score (nSPS) is 12.5. The molecular weight excluding hydrogens is 472 g/mol. The molecule has 0 bridgehead atoms. The van der Waals surface area contributed by atoms with Crippen LogP contribution in [-0.2, 0) is 30.3 Å². The first-order valence-electron chi connectivity index (χ1n) is 11.4. The van der Waals surface area contributed by atoms with E-state index in [-0.39, 0.29) is 11.2 Å². The van der Waals surface area contributed by atoms with Crippen molar-refractivity contribution in [3.8, 4) is 11.1 Å². The number of hydrogen-bond acceptors (Lipinski definition) is 5. The molecule has 9 heteroatoms. The molecular formula is C27H22N6O2S. The van der Waals surface area contributed by atoms with Gasteiger partial charge in [0, 0.05) is 53.7 Å². The van der Waals surface area contributed by atoms with Crippen molar-refractivity contribution in [1.29, 1.82) is 0 Å². The number of nitrogens with one attached hydrogen (secondary N) is 1. The van der Waals surface area contributed by atoms with Crippen LogP contribution in [0.1, 0.15) is 11.3 Å². The third kappa shape index (κ3) is 4.30. The molecule has 36 heavy (non-hydrogen) atoms. The van der Waals surface area contributed by atoms with Crippen LogP contribution < -0.4 is 10.2 Å². The molecule has 0 fully saturated rings. The molecule has 0 spiro atoms. The van der Waals surface area contributed by atoms with Crippen molar-refractivity contribution in [2.24, 2.45) is 7.05 Å². The number of nitrogens with zero attached hydrogens (tertiary/aromatic N) is 5. The minimum absolute atomic E-state index is 0.103. The predicted octanol–water partition coefficient (Wildman–Crippen LogP) is 3.75. The molecule has 0 aliphatic heterocycles. The lowest BCUT2D eigenvalue weighted by molar-refractivity contribution is 0.670. The van der Waals surface area contributed by atoms with Gasteiger partial charge in [-0.05, 0) is 41.3 Å². The Bertz CT molecular complexity index is 1810. The fourth-order valence-corrected chi connectivity index (χ4v) is 5.19. The van der Waals surface area contributed by atoms with Gasteiger partial charge < -0.3 is 4.40 Å². The zero-order valence-electron chi connectivity index (χ0n) is 19.5. The number of fused-ring (bicyclic) bond motifs is 3. The van der Waals surface area contributed by atoms with Crippen molar-refractivity contribution in [3.63, 3.8) is 0 Å². The zero-order chi connectivity index (χ0) is 24.6. The number of benzene rings is 1. The summed E-state index contributed by atoms with van der Waals surface area (Å²) in [5.74, 6) is 0.276. The Morgan fingerprint density at radius 2 is 1.86 bits per heavy atom. The van der Waals surface area contributed by atoms with Crippen LogP contribution >= 0.6 is 0 Å². The number of hydrogen-bond donors (Lipinski definition) is 1. The summed E-state index contributed by atoms with van der Waals surface area (Å²) in [4.78, 5) is 22.6. The van der Waals surface area contributed by atoms with Crippen LogP contribution in [0.2, 0.25) is 0 Å². The molecule has 8 nitrogen and oxygen atoms in total. The molecule has 0 amide bonds.